The van der Waals surface area contributed by atoms with Crippen LogP contribution in [-0.2, 0) is 0 Å². The summed E-state index contributed by atoms with van der Waals surface area (Å²) in [5.74, 6) is 1.41. The smallest absolute Gasteiger partial charge is 0.0556 e. The third-order valence-corrected chi connectivity index (χ3v) is 3.71. The molecule has 0 bridgehead atoms. The van der Waals surface area contributed by atoms with Gasteiger partial charge in [0.05, 0.1) is 11.3 Å². The molecule has 1 saturated carbocycles. The zero-order chi connectivity index (χ0) is 9.26. The Morgan fingerprint density at radius 3 is 2.77 bits per heavy atom. The van der Waals surface area contributed by atoms with E-state index in [1.165, 1.54) is 25.7 Å². The lowest BCUT2D eigenvalue weighted by molar-refractivity contribution is 0.0258. The molecule has 1 aliphatic carbocycles. The number of nitroso groups, excluding NO2 is 1. The molecule has 13 heavy (non-hydrogen) atoms. The summed E-state index contributed by atoms with van der Waals surface area (Å²) in [6, 6.07) is 0.458. The minimum atomic E-state index is 0.458. The van der Waals surface area contributed by atoms with Crippen molar-refractivity contribution in [3.8, 4) is 0 Å². The van der Waals surface area contributed by atoms with Crippen LogP contribution in [0.1, 0.15) is 39.0 Å². The first-order valence-corrected chi connectivity index (χ1v) is 5.43. The second kappa shape index (κ2) is 3.64. The van der Waals surface area contributed by atoms with Gasteiger partial charge < -0.3 is 0 Å². The SMILES string of the molecule is C[C@H]1CCC[C@H]2CCCN(N=O)[C@@H]21. The summed E-state index contributed by atoms with van der Waals surface area (Å²) >= 11 is 0. The Labute approximate surface area is 79.4 Å². The summed E-state index contributed by atoms with van der Waals surface area (Å²) in [5, 5.41) is 4.97. The van der Waals surface area contributed by atoms with Gasteiger partial charge in [0.1, 0.15) is 0 Å². The molecule has 3 atom stereocenters. The van der Waals surface area contributed by atoms with Crippen molar-refractivity contribution in [3.63, 3.8) is 0 Å². The Hall–Kier alpha value is -0.600. The fraction of sp³-hybridized carbons (Fsp3) is 1.00. The number of fused-ring (bicyclic) bond motifs is 1. The maximum Gasteiger partial charge on any atom is 0.0556 e. The number of rotatable bonds is 1. The highest BCUT2D eigenvalue weighted by Crippen LogP contribution is 2.38. The van der Waals surface area contributed by atoms with E-state index < -0.39 is 0 Å². The van der Waals surface area contributed by atoms with Crippen molar-refractivity contribution in [3.05, 3.63) is 4.91 Å². The maximum atomic E-state index is 10.6. The van der Waals surface area contributed by atoms with Crippen LogP contribution in [0.25, 0.3) is 0 Å². The van der Waals surface area contributed by atoms with Crippen LogP contribution < -0.4 is 0 Å². The van der Waals surface area contributed by atoms with E-state index >= 15 is 0 Å². The topological polar surface area (TPSA) is 32.7 Å². The minimum absolute atomic E-state index is 0.458. The molecule has 1 heterocycles. The molecule has 1 aliphatic heterocycles. The first-order chi connectivity index (χ1) is 6.33. The molecule has 2 fully saturated rings. The largest absolute Gasteiger partial charge is 0.257 e. The predicted molar refractivity (Wildman–Crippen MR) is 52.0 cm³/mol. The van der Waals surface area contributed by atoms with Crippen LogP contribution in [0.4, 0.5) is 0 Å². The molecular weight excluding hydrogens is 164 g/mol. The Morgan fingerprint density at radius 1 is 1.23 bits per heavy atom. The number of hydrogen-bond donors (Lipinski definition) is 0. The Kier molecular flexibility index (Phi) is 2.51. The van der Waals surface area contributed by atoms with Crippen LogP contribution in [0.15, 0.2) is 5.29 Å². The van der Waals surface area contributed by atoms with Gasteiger partial charge in [-0.2, -0.15) is 0 Å². The van der Waals surface area contributed by atoms with Crippen LogP contribution in [0.5, 0.6) is 0 Å². The second-order valence-corrected chi connectivity index (χ2v) is 4.55. The highest BCUT2D eigenvalue weighted by Gasteiger charge is 2.37. The first-order valence-electron chi connectivity index (χ1n) is 5.43. The van der Waals surface area contributed by atoms with Crippen molar-refractivity contribution < 1.29 is 0 Å². The Balaban J connectivity index is 2.11. The average Bonchev–Trinajstić information content (AvgIpc) is 2.17. The highest BCUT2D eigenvalue weighted by molar-refractivity contribution is 4.89. The summed E-state index contributed by atoms with van der Waals surface area (Å²) in [4.78, 5) is 10.6. The molecule has 0 unspecified atom stereocenters. The van der Waals surface area contributed by atoms with Gasteiger partial charge in [-0.15, -0.1) is 4.91 Å². The molecule has 0 aromatic heterocycles. The van der Waals surface area contributed by atoms with Gasteiger partial charge in [0.2, 0.25) is 0 Å². The minimum Gasteiger partial charge on any atom is -0.257 e. The van der Waals surface area contributed by atoms with Gasteiger partial charge in [0.25, 0.3) is 0 Å². The van der Waals surface area contributed by atoms with Crippen LogP contribution in [0, 0.1) is 16.7 Å². The lowest BCUT2D eigenvalue weighted by Gasteiger charge is -2.44. The van der Waals surface area contributed by atoms with E-state index in [-0.39, 0.29) is 0 Å². The van der Waals surface area contributed by atoms with Crippen LogP contribution in [0.2, 0.25) is 0 Å². The van der Waals surface area contributed by atoms with E-state index in [2.05, 4.69) is 12.2 Å². The average molecular weight is 182 g/mol. The number of piperidine rings is 1. The maximum absolute atomic E-state index is 10.6. The van der Waals surface area contributed by atoms with E-state index in [4.69, 9.17) is 0 Å². The molecule has 0 radical (unpaired) electrons. The summed E-state index contributed by atoms with van der Waals surface area (Å²) in [5.41, 5.74) is 0. The fourth-order valence-electron chi connectivity index (χ4n) is 3.12. The molecule has 2 rings (SSSR count). The van der Waals surface area contributed by atoms with Gasteiger partial charge in [0, 0.05) is 6.54 Å². The van der Waals surface area contributed by atoms with E-state index in [1.54, 1.807) is 5.01 Å². The normalized spacial score (nSPS) is 39.8. The summed E-state index contributed by atoms with van der Waals surface area (Å²) in [6.45, 7) is 3.15. The Bertz CT molecular complexity index is 193. The molecule has 1 saturated heterocycles. The van der Waals surface area contributed by atoms with Crippen LogP contribution in [-0.4, -0.2) is 17.6 Å². The van der Waals surface area contributed by atoms with E-state index in [1.807, 2.05) is 0 Å². The standard InChI is InChI=1S/C10H18N2O/c1-8-4-2-5-9-6-3-7-12(11-13)10(8)9/h8-10H,2-7H2,1H3/t8-,9-,10+/m0/s1. The first kappa shape index (κ1) is 8.97. The third kappa shape index (κ3) is 1.56. The molecule has 2 aliphatic rings. The highest BCUT2D eigenvalue weighted by atomic mass is 16.3. The van der Waals surface area contributed by atoms with Crippen molar-refractivity contribution in [2.24, 2.45) is 17.1 Å². The van der Waals surface area contributed by atoms with Crippen LogP contribution >= 0.6 is 0 Å². The molecule has 0 spiro atoms. The summed E-state index contributed by atoms with van der Waals surface area (Å²) < 4.78 is 0. The molecule has 0 aromatic carbocycles. The van der Waals surface area contributed by atoms with Crippen molar-refractivity contribution in [2.45, 2.75) is 45.1 Å². The van der Waals surface area contributed by atoms with E-state index in [0.717, 1.165) is 18.9 Å². The van der Waals surface area contributed by atoms with Crippen molar-refractivity contribution >= 4 is 0 Å². The van der Waals surface area contributed by atoms with Gasteiger partial charge >= 0.3 is 0 Å². The van der Waals surface area contributed by atoms with Gasteiger partial charge in [-0.05, 0) is 37.5 Å². The zero-order valence-corrected chi connectivity index (χ0v) is 8.28. The zero-order valence-electron chi connectivity index (χ0n) is 8.28. The number of nitrogens with zero attached hydrogens (tertiary/aromatic N) is 2. The quantitative estimate of drug-likeness (QED) is 0.584. The van der Waals surface area contributed by atoms with Gasteiger partial charge in [-0.1, -0.05) is 13.3 Å². The lowest BCUT2D eigenvalue weighted by Crippen LogP contribution is -2.47. The molecule has 0 aromatic rings. The lowest BCUT2D eigenvalue weighted by atomic mass is 9.73. The third-order valence-electron chi connectivity index (χ3n) is 3.71. The molecule has 0 amide bonds. The summed E-state index contributed by atoms with van der Waals surface area (Å²) in [7, 11) is 0. The van der Waals surface area contributed by atoms with E-state index in [9.17, 15) is 4.91 Å². The Morgan fingerprint density at radius 2 is 2.00 bits per heavy atom. The van der Waals surface area contributed by atoms with E-state index in [0.29, 0.717) is 12.0 Å². The van der Waals surface area contributed by atoms with Crippen molar-refractivity contribution in [1.82, 2.24) is 5.01 Å². The second-order valence-electron chi connectivity index (χ2n) is 4.55. The monoisotopic (exact) mass is 182 g/mol. The molecule has 0 N–H and O–H groups in total. The molecule has 74 valence electrons. The van der Waals surface area contributed by atoms with Gasteiger partial charge in [-0.3, -0.25) is 5.01 Å². The molecule has 3 heteroatoms. The fourth-order valence-corrected chi connectivity index (χ4v) is 3.12. The predicted octanol–water partition coefficient (Wildman–Crippen LogP) is 2.57. The number of hydrogen-bond acceptors (Lipinski definition) is 2. The molecule has 3 nitrogen and oxygen atoms in total. The van der Waals surface area contributed by atoms with Gasteiger partial charge in [-0.25, -0.2) is 0 Å². The molecular formula is C10H18N2O. The van der Waals surface area contributed by atoms with Crippen LogP contribution in [0.3, 0.4) is 0 Å². The van der Waals surface area contributed by atoms with Crippen molar-refractivity contribution in [1.29, 1.82) is 0 Å². The van der Waals surface area contributed by atoms with Crippen molar-refractivity contribution in [2.75, 3.05) is 6.54 Å². The van der Waals surface area contributed by atoms with Gasteiger partial charge in [0.15, 0.2) is 0 Å². The summed E-state index contributed by atoms with van der Waals surface area (Å²) in [6.07, 6.45) is 6.38.